The first-order valence-electron chi connectivity index (χ1n) is 22.3. The molecule has 7 rings (SSSR count). The molecule has 4 amide bonds. The number of hydrogen-bond donors (Lipinski definition) is 1. The highest BCUT2D eigenvalue weighted by atomic mass is 35.5. The Kier molecular flexibility index (Phi) is 15.3. The molecule has 1 unspecified atom stereocenters. The molecule has 1 atom stereocenters. The van der Waals surface area contributed by atoms with E-state index in [0.29, 0.717) is 44.7 Å². The van der Waals surface area contributed by atoms with E-state index in [2.05, 4.69) is 22.0 Å². The third-order valence-corrected chi connectivity index (χ3v) is 12.0. The summed E-state index contributed by atoms with van der Waals surface area (Å²) < 4.78 is 28.3. The van der Waals surface area contributed by atoms with Crippen molar-refractivity contribution in [2.24, 2.45) is 7.05 Å². The average molecular weight is 911 g/mol. The predicted octanol–water partition coefficient (Wildman–Crippen LogP) is 8.81. The number of rotatable bonds is 16. The zero-order valence-corrected chi connectivity index (χ0v) is 39.9. The van der Waals surface area contributed by atoms with Gasteiger partial charge in [-0.25, -0.2) is 4.79 Å². The Morgan fingerprint density at radius 1 is 0.862 bits per heavy atom. The number of halogens is 1. The van der Waals surface area contributed by atoms with Crippen LogP contribution in [0.2, 0.25) is 5.02 Å². The Balaban J connectivity index is 0.00000345. The number of carbonyl (C=O) groups excluding carboxylic acids is 5. The SMILES string of the molecule is CC.Cc1cc(OCCCc2c(C(=O)OC(C)(C)C)n(CCCOCCOc3cccc4c3C(=O)N(C3CCC(=O)NC3=O)C4=O)c3c(-c4c(C)nn(C)c4C)cccc23)cc(C)c1Cl. The van der Waals surface area contributed by atoms with Crippen LogP contribution >= 0.6 is 11.6 Å². The minimum atomic E-state index is -1.08. The molecule has 5 aromatic rings. The number of nitrogens with zero attached hydrogens (tertiary/aromatic N) is 4. The van der Waals surface area contributed by atoms with Gasteiger partial charge < -0.3 is 23.5 Å². The summed E-state index contributed by atoms with van der Waals surface area (Å²) in [5, 5.41) is 8.60. The number of ether oxygens (including phenoxy) is 4. The van der Waals surface area contributed by atoms with E-state index in [4.69, 9.17) is 35.6 Å². The Morgan fingerprint density at radius 3 is 2.22 bits per heavy atom. The number of imide groups is 2. The number of aryl methyl sites for hydroxylation is 6. The van der Waals surface area contributed by atoms with Crippen molar-refractivity contribution in [3.8, 4) is 22.6 Å². The topological polar surface area (TPSA) is 160 Å². The second-order valence-corrected chi connectivity index (χ2v) is 17.5. The molecule has 0 aliphatic carbocycles. The fourth-order valence-electron chi connectivity index (χ4n) is 8.55. The van der Waals surface area contributed by atoms with Gasteiger partial charge in [-0.3, -0.25) is 34.1 Å². The molecular weight excluding hydrogens is 850 g/mol. The average Bonchev–Trinajstić information content (AvgIpc) is 3.81. The van der Waals surface area contributed by atoms with Crippen LogP contribution in [0.15, 0.2) is 48.5 Å². The van der Waals surface area contributed by atoms with Crippen LogP contribution in [-0.4, -0.2) is 86.9 Å². The first-order valence-corrected chi connectivity index (χ1v) is 22.7. The number of aromatic nitrogens is 3. The summed E-state index contributed by atoms with van der Waals surface area (Å²) in [6.45, 7) is 18.9. The van der Waals surface area contributed by atoms with Gasteiger partial charge in [-0.1, -0.05) is 49.7 Å². The van der Waals surface area contributed by atoms with Crippen molar-refractivity contribution < 1.29 is 42.9 Å². The smallest absolute Gasteiger partial charge is 0.355 e. The van der Waals surface area contributed by atoms with Crippen LogP contribution in [0, 0.1) is 27.7 Å². The van der Waals surface area contributed by atoms with E-state index in [1.54, 1.807) is 12.1 Å². The molecule has 14 nitrogen and oxygen atoms in total. The van der Waals surface area contributed by atoms with Gasteiger partial charge in [0.25, 0.3) is 11.8 Å². The molecule has 0 radical (unpaired) electrons. The largest absolute Gasteiger partial charge is 0.494 e. The van der Waals surface area contributed by atoms with E-state index in [1.807, 2.05) is 92.2 Å². The highest BCUT2D eigenvalue weighted by Crippen LogP contribution is 2.39. The molecule has 346 valence electrons. The molecule has 2 aliphatic heterocycles. The highest BCUT2D eigenvalue weighted by molar-refractivity contribution is 6.32. The number of fused-ring (bicyclic) bond motifs is 2. The lowest BCUT2D eigenvalue weighted by molar-refractivity contribution is -0.136. The number of nitrogens with one attached hydrogen (secondary N) is 1. The second-order valence-electron chi connectivity index (χ2n) is 17.1. The number of benzene rings is 3. The molecule has 1 N–H and O–H groups in total. The van der Waals surface area contributed by atoms with Gasteiger partial charge in [-0.05, 0) is 115 Å². The third kappa shape index (κ3) is 10.3. The number of amides is 4. The van der Waals surface area contributed by atoms with Crippen LogP contribution in [0.3, 0.4) is 0 Å². The summed E-state index contributed by atoms with van der Waals surface area (Å²) in [5.74, 6) is -1.84. The van der Waals surface area contributed by atoms with Gasteiger partial charge in [-0.15, -0.1) is 0 Å². The van der Waals surface area contributed by atoms with Crippen molar-refractivity contribution in [3.05, 3.63) is 98.5 Å². The number of esters is 1. The maximum Gasteiger partial charge on any atom is 0.355 e. The quantitative estimate of drug-likeness (QED) is 0.0576. The molecule has 1 fully saturated rings. The van der Waals surface area contributed by atoms with E-state index in [0.717, 1.165) is 65.8 Å². The molecule has 65 heavy (non-hydrogen) atoms. The first kappa shape index (κ1) is 48.5. The standard InChI is InChI=1S/C48H54ClN5O9.C2H6/c1-27-25-31(26-28(2)41(27)49)61-22-11-16-33-32-13-9-14-34(39-29(3)51-52(8)30(39)4)42(32)53(43(33)47(59)63-48(5,6)7)20-12-21-60-23-24-62-37-17-10-15-35-40(37)46(58)54(45(35)57)36-18-19-38(55)50-44(36)56;1-2/h9-10,13-15,17,25-26,36H,11-12,16,18-24H2,1-8H3,(H,50,55,56);1-2H3. The Bertz CT molecular complexity index is 2620. The van der Waals surface area contributed by atoms with Crippen molar-refractivity contribution >= 4 is 52.1 Å². The Morgan fingerprint density at radius 2 is 1.55 bits per heavy atom. The normalized spacial score (nSPS) is 14.9. The molecule has 0 spiro atoms. The maximum atomic E-state index is 14.4. The fourth-order valence-corrected chi connectivity index (χ4v) is 8.66. The monoisotopic (exact) mass is 909 g/mol. The van der Waals surface area contributed by atoms with Crippen LogP contribution in [-0.2, 0) is 39.1 Å². The van der Waals surface area contributed by atoms with Crippen molar-refractivity contribution in [3.63, 3.8) is 0 Å². The van der Waals surface area contributed by atoms with Crippen molar-refractivity contribution in [2.45, 2.75) is 113 Å². The zero-order valence-electron chi connectivity index (χ0n) is 39.1. The Labute approximate surface area is 385 Å². The lowest BCUT2D eigenvalue weighted by atomic mass is 9.98. The van der Waals surface area contributed by atoms with Crippen LogP contribution in [0.25, 0.3) is 22.0 Å². The van der Waals surface area contributed by atoms with E-state index in [9.17, 15) is 24.0 Å². The predicted molar refractivity (Wildman–Crippen MR) is 249 cm³/mol. The lowest BCUT2D eigenvalue weighted by Crippen LogP contribution is -2.54. The van der Waals surface area contributed by atoms with E-state index in [-0.39, 0.29) is 42.9 Å². The summed E-state index contributed by atoms with van der Waals surface area (Å²) in [6, 6.07) is 13.7. The van der Waals surface area contributed by atoms with Gasteiger partial charge in [0.05, 0.1) is 35.6 Å². The van der Waals surface area contributed by atoms with Crippen LogP contribution in [0.4, 0.5) is 0 Å². The summed E-state index contributed by atoms with van der Waals surface area (Å²) in [7, 11) is 1.92. The van der Waals surface area contributed by atoms with Crippen LogP contribution in [0.5, 0.6) is 11.5 Å². The van der Waals surface area contributed by atoms with Crippen molar-refractivity contribution in [1.29, 1.82) is 0 Å². The number of piperidine rings is 1. The molecule has 2 aromatic heterocycles. The van der Waals surface area contributed by atoms with E-state index < -0.39 is 41.2 Å². The second kappa shape index (κ2) is 20.5. The van der Waals surface area contributed by atoms with Crippen LogP contribution < -0.4 is 14.8 Å². The molecule has 4 heterocycles. The Hall–Kier alpha value is -5.99. The number of carbonyl (C=O) groups is 5. The lowest BCUT2D eigenvalue weighted by Gasteiger charge is -2.27. The van der Waals surface area contributed by atoms with Gasteiger partial charge in [0, 0.05) is 53.8 Å². The first-order chi connectivity index (χ1) is 31.0. The molecule has 1 saturated heterocycles. The number of hydrogen-bond acceptors (Lipinski definition) is 10. The van der Waals surface area contributed by atoms with Crippen molar-refractivity contribution in [2.75, 3.05) is 26.4 Å². The summed E-state index contributed by atoms with van der Waals surface area (Å²) in [5.41, 5.74) is 7.46. The molecule has 0 bridgehead atoms. The molecule has 15 heteroatoms. The van der Waals surface area contributed by atoms with Gasteiger partial charge in [0.1, 0.15) is 35.4 Å². The van der Waals surface area contributed by atoms with Gasteiger partial charge in [0.15, 0.2) is 0 Å². The minimum Gasteiger partial charge on any atom is -0.494 e. The molecular formula is C50H60ClN5O9. The molecule has 0 saturated carbocycles. The zero-order chi connectivity index (χ0) is 47.3. The minimum absolute atomic E-state index is 0.0281. The molecule has 3 aromatic carbocycles. The van der Waals surface area contributed by atoms with Crippen molar-refractivity contribution in [1.82, 2.24) is 24.6 Å². The van der Waals surface area contributed by atoms with Crippen LogP contribution in [0.1, 0.15) is 120 Å². The van der Waals surface area contributed by atoms with Gasteiger partial charge in [0.2, 0.25) is 11.8 Å². The highest BCUT2D eigenvalue weighted by Gasteiger charge is 2.46. The summed E-state index contributed by atoms with van der Waals surface area (Å²) in [4.78, 5) is 66.3. The number of para-hydroxylation sites is 1. The fraction of sp³-hybridized carbons (Fsp3) is 0.440. The third-order valence-electron chi connectivity index (χ3n) is 11.4. The van der Waals surface area contributed by atoms with Gasteiger partial charge in [-0.2, -0.15) is 5.10 Å². The van der Waals surface area contributed by atoms with E-state index >= 15 is 0 Å². The summed E-state index contributed by atoms with van der Waals surface area (Å²) >= 11 is 6.41. The maximum absolute atomic E-state index is 14.4. The summed E-state index contributed by atoms with van der Waals surface area (Å²) in [6.07, 6.45) is 1.80. The molecule has 2 aliphatic rings. The van der Waals surface area contributed by atoms with Gasteiger partial charge >= 0.3 is 5.97 Å². The van der Waals surface area contributed by atoms with E-state index in [1.165, 1.54) is 6.07 Å².